The van der Waals surface area contributed by atoms with Crippen molar-refractivity contribution >= 4 is 38.6 Å². The first kappa shape index (κ1) is 13.0. The highest BCUT2D eigenvalue weighted by atomic mass is 79.9. The van der Waals surface area contributed by atoms with E-state index in [-0.39, 0.29) is 11.4 Å². The van der Waals surface area contributed by atoms with E-state index in [9.17, 15) is 14.5 Å². The molecule has 1 N–H and O–H groups in total. The molecule has 2 rings (SSSR count). The third-order valence-electron chi connectivity index (χ3n) is 2.31. The molecule has 0 aliphatic carbocycles. The quantitative estimate of drug-likeness (QED) is 0.676. The second-order valence-corrected chi connectivity index (χ2v) is 5.29. The van der Waals surface area contributed by atoms with Crippen LogP contribution in [0.2, 0.25) is 0 Å². The van der Waals surface area contributed by atoms with Gasteiger partial charge in [0.2, 0.25) is 0 Å². The molecule has 18 heavy (non-hydrogen) atoms. The number of thiophene rings is 1. The van der Waals surface area contributed by atoms with Crippen LogP contribution in [0, 0.1) is 15.9 Å². The van der Waals surface area contributed by atoms with Gasteiger partial charge < -0.3 is 5.32 Å². The molecule has 1 aromatic heterocycles. The molecular formula is C11H8BrFN2O2S. The van der Waals surface area contributed by atoms with Gasteiger partial charge in [0, 0.05) is 15.4 Å². The molecule has 0 spiro atoms. The van der Waals surface area contributed by atoms with Crippen molar-refractivity contribution in [2.75, 3.05) is 5.32 Å². The topological polar surface area (TPSA) is 55.2 Å². The summed E-state index contributed by atoms with van der Waals surface area (Å²) in [6, 6.07) is 5.66. The fourth-order valence-corrected chi connectivity index (χ4v) is 2.89. The summed E-state index contributed by atoms with van der Waals surface area (Å²) in [7, 11) is 0. The van der Waals surface area contributed by atoms with E-state index in [4.69, 9.17) is 0 Å². The second kappa shape index (κ2) is 5.45. The lowest BCUT2D eigenvalue weighted by Crippen LogP contribution is -2.04. The predicted octanol–water partition coefficient (Wildman–Crippen LogP) is 4.17. The Morgan fingerprint density at radius 3 is 2.83 bits per heavy atom. The van der Waals surface area contributed by atoms with Gasteiger partial charge in [-0.25, -0.2) is 4.39 Å². The number of hydrogen-bond acceptors (Lipinski definition) is 4. The molecule has 2 aromatic rings. The Bertz CT molecular complexity index is 588. The lowest BCUT2D eigenvalue weighted by Gasteiger charge is -2.07. The van der Waals surface area contributed by atoms with E-state index in [1.165, 1.54) is 29.5 Å². The summed E-state index contributed by atoms with van der Waals surface area (Å²) < 4.78 is 14.5. The van der Waals surface area contributed by atoms with Crippen molar-refractivity contribution in [3.05, 3.63) is 54.9 Å². The highest BCUT2D eigenvalue weighted by molar-refractivity contribution is 9.10. The van der Waals surface area contributed by atoms with Crippen molar-refractivity contribution in [1.29, 1.82) is 0 Å². The van der Waals surface area contributed by atoms with E-state index < -0.39 is 10.7 Å². The normalized spacial score (nSPS) is 10.3. The summed E-state index contributed by atoms with van der Waals surface area (Å²) in [6.45, 7) is 0.333. The SMILES string of the molecule is O=[N+]([O-])c1cccc(F)c1NCc1sccc1Br. The van der Waals surface area contributed by atoms with Crippen LogP contribution in [0.5, 0.6) is 0 Å². The van der Waals surface area contributed by atoms with Crippen molar-refractivity contribution in [3.63, 3.8) is 0 Å². The fourth-order valence-electron chi connectivity index (χ4n) is 1.46. The van der Waals surface area contributed by atoms with Crippen LogP contribution < -0.4 is 5.32 Å². The summed E-state index contributed by atoms with van der Waals surface area (Å²) in [5.41, 5.74) is -0.342. The maximum atomic E-state index is 13.6. The first-order valence-electron chi connectivity index (χ1n) is 4.98. The van der Waals surface area contributed by atoms with Crippen molar-refractivity contribution in [3.8, 4) is 0 Å². The smallest absolute Gasteiger partial charge is 0.295 e. The van der Waals surface area contributed by atoms with Crippen molar-refractivity contribution in [1.82, 2.24) is 0 Å². The number of hydrogen-bond donors (Lipinski definition) is 1. The van der Waals surface area contributed by atoms with Crippen LogP contribution in [-0.4, -0.2) is 4.92 Å². The number of nitro groups is 1. The van der Waals surface area contributed by atoms with Gasteiger partial charge in [-0.2, -0.15) is 0 Å². The minimum Gasteiger partial charge on any atom is -0.372 e. The lowest BCUT2D eigenvalue weighted by molar-refractivity contribution is -0.384. The maximum Gasteiger partial charge on any atom is 0.295 e. The third-order valence-corrected chi connectivity index (χ3v) is 4.23. The highest BCUT2D eigenvalue weighted by Gasteiger charge is 2.17. The van der Waals surface area contributed by atoms with E-state index in [0.717, 1.165) is 9.35 Å². The van der Waals surface area contributed by atoms with E-state index >= 15 is 0 Å². The van der Waals surface area contributed by atoms with Crippen LogP contribution in [0.3, 0.4) is 0 Å². The molecule has 0 radical (unpaired) electrons. The molecule has 1 heterocycles. The minimum absolute atomic E-state index is 0.0807. The van der Waals surface area contributed by atoms with Crippen LogP contribution in [0.1, 0.15) is 4.88 Å². The van der Waals surface area contributed by atoms with Gasteiger partial charge in [-0.1, -0.05) is 6.07 Å². The van der Waals surface area contributed by atoms with Crippen LogP contribution in [0.15, 0.2) is 34.1 Å². The van der Waals surface area contributed by atoms with Gasteiger partial charge in [-0.3, -0.25) is 10.1 Å². The molecule has 0 fully saturated rings. The number of benzene rings is 1. The summed E-state index contributed by atoms with van der Waals surface area (Å²) in [5, 5.41) is 15.5. The molecule has 0 saturated heterocycles. The fraction of sp³-hybridized carbons (Fsp3) is 0.0909. The van der Waals surface area contributed by atoms with Crippen LogP contribution in [0.25, 0.3) is 0 Å². The minimum atomic E-state index is -0.628. The number of nitrogens with zero attached hydrogens (tertiary/aromatic N) is 1. The van der Waals surface area contributed by atoms with Crippen molar-refractivity contribution in [2.45, 2.75) is 6.54 Å². The summed E-state index contributed by atoms with van der Waals surface area (Å²) >= 11 is 4.84. The molecular weight excluding hydrogens is 323 g/mol. The molecule has 7 heteroatoms. The molecule has 0 aliphatic rings. The number of anilines is 1. The molecule has 0 unspecified atom stereocenters. The van der Waals surface area contributed by atoms with E-state index in [2.05, 4.69) is 21.2 Å². The van der Waals surface area contributed by atoms with Crippen molar-refractivity contribution in [2.24, 2.45) is 0 Å². The highest BCUT2D eigenvalue weighted by Crippen LogP contribution is 2.29. The van der Waals surface area contributed by atoms with Gasteiger partial charge in [0.25, 0.3) is 5.69 Å². The first-order valence-corrected chi connectivity index (χ1v) is 6.65. The molecule has 4 nitrogen and oxygen atoms in total. The van der Waals surface area contributed by atoms with Crippen LogP contribution in [0.4, 0.5) is 15.8 Å². The predicted molar refractivity (Wildman–Crippen MR) is 72.4 cm³/mol. The molecule has 1 aromatic carbocycles. The standard InChI is InChI=1S/C11H8BrFN2O2S/c12-7-4-5-18-10(7)6-14-11-8(13)2-1-3-9(11)15(16)17/h1-5,14H,6H2. The monoisotopic (exact) mass is 330 g/mol. The van der Waals surface area contributed by atoms with E-state index in [0.29, 0.717) is 6.54 Å². The van der Waals surface area contributed by atoms with Gasteiger partial charge in [-0.05, 0) is 33.4 Å². The van der Waals surface area contributed by atoms with Gasteiger partial charge >= 0.3 is 0 Å². The van der Waals surface area contributed by atoms with Gasteiger partial charge in [0.05, 0.1) is 11.5 Å². The number of nitrogens with one attached hydrogen (secondary N) is 1. The summed E-state index contributed by atoms with van der Waals surface area (Å²) in [4.78, 5) is 11.1. The van der Waals surface area contributed by atoms with Crippen molar-refractivity contribution < 1.29 is 9.31 Å². The third kappa shape index (κ3) is 2.68. The Morgan fingerprint density at radius 2 is 2.22 bits per heavy atom. The largest absolute Gasteiger partial charge is 0.372 e. The number of halogens is 2. The molecule has 94 valence electrons. The maximum absolute atomic E-state index is 13.6. The molecule has 0 atom stereocenters. The zero-order valence-electron chi connectivity index (χ0n) is 9.02. The molecule has 0 saturated carbocycles. The first-order chi connectivity index (χ1) is 8.59. The summed E-state index contributed by atoms with van der Waals surface area (Å²) in [6.07, 6.45) is 0. The Labute approximate surface area is 115 Å². The summed E-state index contributed by atoms with van der Waals surface area (Å²) in [5.74, 6) is -0.628. The Morgan fingerprint density at radius 1 is 1.44 bits per heavy atom. The Balaban J connectivity index is 2.24. The second-order valence-electron chi connectivity index (χ2n) is 3.44. The van der Waals surface area contributed by atoms with Crippen LogP contribution >= 0.6 is 27.3 Å². The number of para-hydroxylation sites is 1. The Kier molecular flexibility index (Phi) is 3.93. The zero-order valence-corrected chi connectivity index (χ0v) is 11.4. The van der Waals surface area contributed by atoms with E-state index in [1.54, 1.807) is 0 Å². The van der Waals surface area contributed by atoms with E-state index in [1.807, 2.05) is 11.4 Å². The van der Waals surface area contributed by atoms with Gasteiger partial charge in [0.1, 0.15) is 5.69 Å². The molecule has 0 amide bonds. The molecule has 0 bridgehead atoms. The average molecular weight is 331 g/mol. The Hall–Kier alpha value is -1.47. The lowest BCUT2D eigenvalue weighted by atomic mass is 10.2. The average Bonchev–Trinajstić information content (AvgIpc) is 2.73. The number of rotatable bonds is 4. The number of nitro benzene ring substituents is 1. The van der Waals surface area contributed by atoms with Crippen LogP contribution in [-0.2, 0) is 6.54 Å². The van der Waals surface area contributed by atoms with Gasteiger partial charge in [-0.15, -0.1) is 11.3 Å². The molecule has 0 aliphatic heterocycles. The van der Waals surface area contributed by atoms with Gasteiger partial charge in [0.15, 0.2) is 5.82 Å². The zero-order chi connectivity index (χ0) is 13.1.